The quantitative estimate of drug-likeness (QED) is 0.579. The molecule has 0 aliphatic carbocycles. The van der Waals surface area contributed by atoms with E-state index in [1.54, 1.807) is 6.92 Å². The summed E-state index contributed by atoms with van der Waals surface area (Å²) in [4.78, 5) is 14.0. The predicted molar refractivity (Wildman–Crippen MR) is 95.9 cm³/mol. The predicted octanol–water partition coefficient (Wildman–Crippen LogP) is 4.32. The normalized spacial score (nSPS) is 16.8. The summed E-state index contributed by atoms with van der Waals surface area (Å²) >= 11 is 6.62. The summed E-state index contributed by atoms with van der Waals surface area (Å²) in [6.07, 6.45) is 1.43. The van der Waals surface area contributed by atoms with Gasteiger partial charge in [0, 0.05) is 24.7 Å². The fourth-order valence-electron chi connectivity index (χ4n) is 2.53. The molecule has 1 aromatic carbocycles. The molecule has 1 aliphatic heterocycles. The number of esters is 1. The lowest BCUT2D eigenvalue weighted by atomic mass is 10.00. The van der Waals surface area contributed by atoms with Crippen molar-refractivity contribution in [2.45, 2.75) is 32.8 Å². The second kappa shape index (κ2) is 8.76. The molecule has 0 bridgehead atoms. The van der Waals surface area contributed by atoms with Crippen molar-refractivity contribution < 1.29 is 18.3 Å². The Hall–Kier alpha value is -1.21. The van der Waals surface area contributed by atoms with E-state index in [2.05, 4.69) is 11.8 Å². The molecule has 1 fully saturated rings. The van der Waals surface area contributed by atoms with Crippen LogP contribution in [0, 0.1) is 17.6 Å². The number of carbonyl (C=O) groups is 1. The number of halogens is 2. The number of nitrogens with zero attached hydrogens (tertiary/aromatic N) is 1. The second-order valence-corrected chi connectivity index (χ2v) is 7.63. The standard InChI is InChI=1S/C17H21F2NO2S2/c1-11-5-7-20(8-6-11)17(23)24-10-16(21)22-12(2)14-4-3-13(18)9-15(14)19/h3-4,9,11-12H,5-8,10H2,1-2H3. The van der Waals surface area contributed by atoms with Gasteiger partial charge in [-0.1, -0.05) is 30.9 Å². The lowest BCUT2D eigenvalue weighted by Crippen LogP contribution is -2.35. The average molecular weight is 373 g/mol. The number of hydrogen-bond donors (Lipinski definition) is 0. The number of hydrogen-bond acceptors (Lipinski definition) is 4. The van der Waals surface area contributed by atoms with Crippen molar-refractivity contribution in [3.63, 3.8) is 0 Å². The van der Waals surface area contributed by atoms with Crippen LogP contribution in [-0.2, 0) is 9.53 Å². The molecule has 2 rings (SSSR count). The highest BCUT2D eigenvalue weighted by atomic mass is 32.2. The molecule has 1 atom stereocenters. The number of piperidine rings is 1. The lowest BCUT2D eigenvalue weighted by molar-refractivity contribution is -0.145. The molecular weight excluding hydrogens is 352 g/mol. The number of rotatable bonds is 4. The van der Waals surface area contributed by atoms with Crippen molar-refractivity contribution in [3.05, 3.63) is 35.4 Å². The number of thioether (sulfide) groups is 1. The van der Waals surface area contributed by atoms with Gasteiger partial charge in [0.2, 0.25) is 0 Å². The molecule has 1 heterocycles. The number of benzene rings is 1. The van der Waals surface area contributed by atoms with Gasteiger partial charge in [-0.25, -0.2) is 8.78 Å². The molecule has 0 saturated carbocycles. The average Bonchev–Trinajstić information content (AvgIpc) is 2.53. The molecule has 1 aliphatic rings. The fraction of sp³-hybridized carbons (Fsp3) is 0.529. The fourth-order valence-corrected chi connectivity index (χ4v) is 3.56. The smallest absolute Gasteiger partial charge is 0.316 e. The third-order valence-corrected chi connectivity index (χ3v) is 5.56. The highest BCUT2D eigenvalue weighted by Crippen LogP contribution is 2.23. The highest BCUT2D eigenvalue weighted by molar-refractivity contribution is 8.23. The van der Waals surface area contributed by atoms with E-state index in [1.807, 2.05) is 0 Å². The van der Waals surface area contributed by atoms with Crippen molar-refractivity contribution in [3.8, 4) is 0 Å². The van der Waals surface area contributed by atoms with Gasteiger partial charge in [-0.3, -0.25) is 4.79 Å². The van der Waals surface area contributed by atoms with Crippen LogP contribution >= 0.6 is 24.0 Å². The molecule has 7 heteroatoms. The monoisotopic (exact) mass is 373 g/mol. The van der Waals surface area contributed by atoms with E-state index in [9.17, 15) is 13.6 Å². The van der Waals surface area contributed by atoms with E-state index in [1.165, 1.54) is 17.8 Å². The molecule has 1 saturated heterocycles. The maximum atomic E-state index is 13.7. The van der Waals surface area contributed by atoms with Gasteiger partial charge in [0.15, 0.2) is 0 Å². The Morgan fingerprint density at radius 2 is 2.08 bits per heavy atom. The lowest BCUT2D eigenvalue weighted by Gasteiger charge is -2.31. The molecule has 1 unspecified atom stereocenters. The summed E-state index contributed by atoms with van der Waals surface area (Å²) in [5.74, 6) is -1.06. The number of likely N-dealkylation sites (tertiary alicyclic amines) is 1. The largest absolute Gasteiger partial charge is 0.457 e. The van der Waals surface area contributed by atoms with E-state index < -0.39 is 23.7 Å². The molecule has 0 spiro atoms. The third kappa shape index (κ3) is 5.41. The van der Waals surface area contributed by atoms with Crippen LogP contribution in [0.3, 0.4) is 0 Å². The maximum Gasteiger partial charge on any atom is 0.316 e. The zero-order valence-electron chi connectivity index (χ0n) is 13.8. The van der Waals surface area contributed by atoms with Gasteiger partial charge >= 0.3 is 5.97 Å². The number of thiocarbonyl (C=S) groups is 1. The van der Waals surface area contributed by atoms with Crippen LogP contribution in [0.4, 0.5) is 8.78 Å². The first-order chi connectivity index (χ1) is 11.4. The molecule has 24 heavy (non-hydrogen) atoms. The van der Waals surface area contributed by atoms with E-state index in [0.29, 0.717) is 10.2 Å². The van der Waals surface area contributed by atoms with Gasteiger partial charge in [-0.05, 0) is 37.8 Å². The van der Waals surface area contributed by atoms with Crippen molar-refractivity contribution >= 4 is 34.3 Å². The van der Waals surface area contributed by atoms with Crippen LogP contribution in [-0.4, -0.2) is 34.0 Å². The van der Waals surface area contributed by atoms with Gasteiger partial charge in [0.05, 0.1) is 5.75 Å². The summed E-state index contributed by atoms with van der Waals surface area (Å²) in [7, 11) is 0. The van der Waals surface area contributed by atoms with Gasteiger partial charge in [-0.15, -0.1) is 0 Å². The Balaban J connectivity index is 1.79. The summed E-state index contributed by atoms with van der Waals surface area (Å²) in [5.41, 5.74) is 0.155. The summed E-state index contributed by atoms with van der Waals surface area (Å²) in [5, 5.41) is 0. The van der Waals surface area contributed by atoms with Crippen LogP contribution in [0.1, 0.15) is 38.4 Å². The summed E-state index contributed by atoms with van der Waals surface area (Å²) < 4.78 is 32.5. The summed E-state index contributed by atoms with van der Waals surface area (Å²) in [6, 6.07) is 3.21. The van der Waals surface area contributed by atoms with Gasteiger partial charge < -0.3 is 9.64 Å². The number of carbonyl (C=O) groups excluding carboxylic acids is 1. The minimum Gasteiger partial charge on any atom is -0.457 e. The third-order valence-electron chi connectivity index (χ3n) is 4.06. The first-order valence-electron chi connectivity index (χ1n) is 7.93. The van der Waals surface area contributed by atoms with Gasteiger partial charge in [-0.2, -0.15) is 0 Å². The van der Waals surface area contributed by atoms with Crippen molar-refractivity contribution in [1.29, 1.82) is 0 Å². The van der Waals surface area contributed by atoms with Crippen LogP contribution in [0.15, 0.2) is 18.2 Å². The molecule has 132 valence electrons. The van der Waals surface area contributed by atoms with Crippen LogP contribution in [0.2, 0.25) is 0 Å². The Bertz CT molecular complexity index is 604. The first-order valence-corrected chi connectivity index (χ1v) is 9.32. The topological polar surface area (TPSA) is 29.5 Å². The van der Waals surface area contributed by atoms with E-state index in [0.717, 1.165) is 38.1 Å². The van der Waals surface area contributed by atoms with Crippen LogP contribution < -0.4 is 0 Å². The second-order valence-electron chi connectivity index (χ2n) is 6.02. The van der Waals surface area contributed by atoms with E-state index in [4.69, 9.17) is 17.0 Å². The van der Waals surface area contributed by atoms with E-state index >= 15 is 0 Å². The number of ether oxygens (including phenoxy) is 1. The Labute approximate surface area is 150 Å². The van der Waals surface area contributed by atoms with Crippen LogP contribution in [0.25, 0.3) is 0 Å². The maximum absolute atomic E-state index is 13.7. The highest BCUT2D eigenvalue weighted by Gasteiger charge is 2.20. The molecule has 0 amide bonds. The molecule has 1 aromatic rings. The first kappa shape index (κ1) is 19.1. The Morgan fingerprint density at radius 3 is 2.71 bits per heavy atom. The molecule has 0 radical (unpaired) electrons. The SMILES string of the molecule is CC1CCN(C(=S)SCC(=O)OC(C)c2ccc(F)cc2F)CC1. The zero-order chi connectivity index (χ0) is 17.7. The molecule has 0 N–H and O–H groups in total. The minimum absolute atomic E-state index is 0.0814. The molecule has 3 nitrogen and oxygen atoms in total. The van der Waals surface area contributed by atoms with Crippen molar-refractivity contribution in [1.82, 2.24) is 4.90 Å². The zero-order valence-corrected chi connectivity index (χ0v) is 15.4. The van der Waals surface area contributed by atoms with Gasteiger partial charge in [0.1, 0.15) is 22.1 Å². The Kier molecular flexibility index (Phi) is 6.98. The molecule has 0 aromatic heterocycles. The van der Waals surface area contributed by atoms with E-state index in [-0.39, 0.29) is 11.3 Å². The summed E-state index contributed by atoms with van der Waals surface area (Å²) in [6.45, 7) is 5.61. The van der Waals surface area contributed by atoms with Crippen molar-refractivity contribution in [2.75, 3.05) is 18.8 Å². The van der Waals surface area contributed by atoms with Gasteiger partial charge in [0.25, 0.3) is 0 Å². The Morgan fingerprint density at radius 1 is 1.42 bits per heavy atom. The molecular formula is C17H21F2NO2S2. The van der Waals surface area contributed by atoms with Crippen LogP contribution in [0.5, 0.6) is 0 Å². The van der Waals surface area contributed by atoms with Crippen molar-refractivity contribution in [2.24, 2.45) is 5.92 Å². The minimum atomic E-state index is -0.775.